The Morgan fingerprint density at radius 1 is 1.24 bits per heavy atom. The molecule has 5 nitrogen and oxygen atoms in total. The Kier molecular flexibility index (Phi) is 6.40. The van der Waals surface area contributed by atoms with Gasteiger partial charge in [0.1, 0.15) is 6.61 Å². The van der Waals surface area contributed by atoms with Crippen LogP contribution in [-0.4, -0.2) is 27.8 Å². The Hall–Kier alpha value is -2.06. The number of benzene rings is 1. The van der Waals surface area contributed by atoms with Crippen LogP contribution in [0.2, 0.25) is 0 Å². The highest BCUT2D eigenvalue weighted by Gasteiger charge is 2.36. The van der Waals surface area contributed by atoms with E-state index < -0.39 is 12.7 Å². The molecule has 3 saturated carbocycles. The molecule has 3 fully saturated rings. The second kappa shape index (κ2) is 9.29. The summed E-state index contributed by atoms with van der Waals surface area (Å²) in [5.74, 6) is 3.62. The molecular weight excluding hydrogens is 446 g/mol. The molecule has 33 heavy (non-hydrogen) atoms. The maximum absolute atomic E-state index is 13.8. The van der Waals surface area contributed by atoms with Crippen molar-refractivity contribution in [3.63, 3.8) is 0 Å². The van der Waals surface area contributed by atoms with Gasteiger partial charge < -0.3 is 14.3 Å². The van der Waals surface area contributed by atoms with Gasteiger partial charge in [-0.25, -0.2) is 9.97 Å². The summed E-state index contributed by atoms with van der Waals surface area (Å²) in [5.41, 5.74) is 3.76. The molecule has 0 spiro atoms. The lowest BCUT2D eigenvalue weighted by atomic mass is 9.74. The summed E-state index contributed by atoms with van der Waals surface area (Å²) in [7, 11) is 0. The van der Waals surface area contributed by atoms with Gasteiger partial charge in [0.15, 0.2) is 22.7 Å². The van der Waals surface area contributed by atoms with Crippen LogP contribution in [0.5, 0.6) is 5.75 Å². The second-order valence-corrected chi connectivity index (χ2v) is 10.4. The second-order valence-electron chi connectivity index (χ2n) is 9.65. The zero-order chi connectivity index (χ0) is 23.0. The fourth-order valence-corrected chi connectivity index (χ4v) is 6.52. The molecule has 2 bridgehead atoms. The van der Waals surface area contributed by atoms with Crippen LogP contribution in [0.1, 0.15) is 57.8 Å². The predicted molar refractivity (Wildman–Crippen MR) is 123 cm³/mol. The first-order chi connectivity index (χ1) is 16.0. The van der Waals surface area contributed by atoms with Crippen molar-refractivity contribution in [1.29, 1.82) is 0 Å². The molecule has 178 valence electrons. The van der Waals surface area contributed by atoms with Crippen molar-refractivity contribution < 1.29 is 23.0 Å². The fourth-order valence-electron chi connectivity index (χ4n) is 5.96. The van der Waals surface area contributed by atoms with Crippen molar-refractivity contribution >= 4 is 22.4 Å². The zero-order valence-electron chi connectivity index (χ0n) is 18.8. The minimum Gasteiger partial charge on any atom is -0.440 e. The van der Waals surface area contributed by atoms with E-state index in [9.17, 15) is 8.78 Å². The summed E-state index contributed by atoms with van der Waals surface area (Å²) in [6.07, 6.45) is 5.88. The number of aromatic nitrogens is 2. The Balaban J connectivity index is 1.40. The standard InChI is InChI=1S/C25H30F2N2O3S/c1-2-17-10-15-3-5-18(17)11-16(9-15)4-8-22-29-23-21(32-25(26,27)13-30)7-6-19(24(23)31-22)20-12-33-14-28-20/h6-7,12,14-18,30H,2-5,8-11,13H2,1H3. The molecule has 0 aliphatic heterocycles. The van der Waals surface area contributed by atoms with E-state index >= 15 is 0 Å². The Bertz CT molecular complexity index is 1080. The third kappa shape index (κ3) is 4.78. The predicted octanol–water partition coefficient (Wildman–Crippen LogP) is 6.70. The van der Waals surface area contributed by atoms with E-state index in [1.54, 1.807) is 11.6 Å². The van der Waals surface area contributed by atoms with Gasteiger partial charge in [-0.1, -0.05) is 19.8 Å². The largest absolute Gasteiger partial charge is 0.440 e. The van der Waals surface area contributed by atoms with Gasteiger partial charge in [0.25, 0.3) is 0 Å². The molecule has 4 atom stereocenters. The minimum absolute atomic E-state index is 0.101. The molecule has 3 aromatic rings. The fraction of sp³-hybridized carbons (Fsp3) is 0.600. The van der Waals surface area contributed by atoms with Gasteiger partial charge >= 0.3 is 6.11 Å². The lowest BCUT2D eigenvalue weighted by molar-refractivity contribution is -0.200. The number of fused-ring (bicyclic) bond motifs is 5. The minimum atomic E-state index is -3.69. The normalized spacial score (nSPS) is 25.5. The van der Waals surface area contributed by atoms with E-state index in [0.29, 0.717) is 35.1 Å². The number of alkyl halides is 2. The number of aliphatic hydroxyl groups is 1. The van der Waals surface area contributed by atoms with Gasteiger partial charge in [0, 0.05) is 17.4 Å². The number of oxazole rings is 1. The number of hydrogen-bond acceptors (Lipinski definition) is 6. The Morgan fingerprint density at radius 2 is 2.12 bits per heavy atom. The van der Waals surface area contributed by atoms with Crippen molar-refractivity contribution in [3.8, 4) is 17.0 Å². The molecule has 3 aliphatic carbocycles. The van der Waals surface area contributed by atoms with Crippen molar-refractivity contribution in [2.75, 3.05) is 6.61 Å². The third-order valence-corrected chi connectivity index (χ3v) is 8.13. The van der Waals surface area contributed by atoms with Gasteiger partial charge in [-0.2, -0.15) is 8.78 Å². The summed E-state index contributed by atoms with van der Waals surface area (Å²) in [4.78, 5) is 8.90. The first kappa shape index (κ1) is 22.7. The number of aryl methyl sites for hydroxylation is 1. The van der Waals surface area contributed by atoms with E-state index in [4.69, 9.17) is 14.3 Å². The molecule has 1 aromatic carbocycles. The summed E-state index contributed by atoms with van der Waals surface area (Å²) >= 11 is 1.45. The molecule has 2 aromatic heterocycles. The average Bonchev–Trinajstić information content (AvgIpc) is 3.41. The van der Waals surface area contributed by atoms with E-state index in [0.717, 1.165) is 24.2 Å². The molecule has 6 rings (SSSR count). The van der Waals surface area contributed by atoms with Crippen LogP contribution in [0.3, 0.4) is 0 Å². The van der Waals surface area contributed by atoms with Gasteiger partial charge in [-0.05, 0) is 67.9 Å². The topological polar surface area (TPSA) is 68.4 Å². The molecule has 1 N–H and O–H groups in total. The quantitative estimate of drug-likeness (QED) is 0.392. The van der Waals surface area contributed by atoms with Crippen molar-refractivity contribution in [3.05, 3.63) is 28.9 Å². The Labute approximate surface area is 196 Å². The van der Waals surface area contributed by atoms with Gasteiger partial charge in [-0.3, -0.25) is 0 Å². The lowest BCUT2D eigenvalue weighted by Crippen LogP contribution is -2.29. The van der Waals surface area contributed by atoms with Gasteiger partial charge in [0.05, 0.1) is 11.2 Å². The monoisotopic (exact) mass is 476 g/mol. The highest BCUT2D eigenvalue weighted by Crippen LogP contribution is 2.47. The molecule has 0 saturated heterocycles. The summed E-state index contributed by atoms with van der Waals surface area (Å²) in [5, 5.41) is 10.8. The lowest BCUT2D eigenvalue weighted by Gasteiger charge is -2.31. The first-order valence-electron chi connectivity index (χ1n) is 11.9. The van der Waals surface area contributed by atoms with Gasteiger partial charge in [0.2, 0.25) is 0 Å². The van der Waals surface area contributed by atoms with Crippen molar-refractivity contribution in [1.82, 2.24) is 9.97 Å². The first-order valence-corrected chi connectivity index (χ1v) is 12.9. The maximum atomic E-state index is 13.8. The summed E-state index contributed by atoms with van der Waals surface area (Å²) in [6.45, 7) is 0.911. The van der Waals surface area contributed by atoms with Crippen molar-refractivity contribution in [2.24, 2.45) is 23.7 Å². The molecule has 8 heteroatoms. The van der Waals surface area contributed by atoms with Crippen LogP contribution in [0.4, 0.5) is 8.78 Å². The smallest absolute Gasteiger partial charge is 0.421 e. The number of halogens is 2. The van der Waals surface area contributed by atoms with Crippen LogP contribution in [0, 0.1) is 23.7 Å². The van der Waals surface area contributed by atoms with Crippen molar-refractivity contribution in [2.45, 2.75) is 64.4 Å². The number of hydrogen-bond donors (Lipinski definition) is 1. The van der Waals surface area contributed by atoms with E-state index in [1.165, 1.54) is 55.9 Å². The maximum Gasteiger partial charge on any atom is 0.421 e. The number of ether oxygens (including phenoxy) is 1. The number of nitrogens with zero attached hydrogens (tertiary/aromatic N) is 2. The SMILES string of the molecule is CCC1CC2CCC1CC(CCc1nc3c(OC(F)(F)CO)ccc(-c4cscn4)c3o1)C2. The van der Waals surface area contributed by atoms with Gasteiger partial charge in [-0.15, -0.1) is 11.3 Å². The average molecular weight is 477 g/mol. The van der Waals surface area contributed by atoms with Crippen LogP contribution < -0.4 is 4.74 Å². The molecular formula is C25H30F2N2O3S. The summed E-state index contributed by atoms with van der Waals surface area (Å²) in [6, 6.07) is 3.10. The highest BCUT2D eigenvalue weighted by molar-refractivity contribution is 7.07. The summed E-state index contributed by atoms with van der Waals surface area (Å²) < 4.78 is 38.5. The van der Waals surface area contributed by atoms with Crippen LogP contribution in [0.25, 0.3) is 22.4 Å². The van der Waals surface area contributed by atoms with E-state index in [1.807, 2.05) is 5.38 Å². The number of rotatable bonds is 8. The van der Waals surface area contributed by atoms with Crippen LogP contribution in [-0.2, 0) is 6.42 Å². The number of thiazole rings is 1. The zero-order valence-corrected chi connectivity index (χ0v) is 19.6. The van der Waals surface area contributed by atoms with E-state index in [2.05, 4.69) is 16.9 Å². The molecule has 2 heterocycles. The molecule has 0 amide bonds. The van der Waals surface area contributed by atoms with Crippen LogP contribution in [0.15, 0.2) is 27.4 Å². The Morgan fingerprint density at radius 3 is 2.88 bits per heavy atom. The van der Waals surface area contributed by atoms with E-state index in [-0.39, 0.29) is 11.3 Å². The highest BCUT2D eigenvalue weighted by atomic mass is 32.1. The molecule has 4 unspecified atom stereocenters. The third-order valence-electron chi connectivity index (χ3n) is 7.54. The molecule has 3 aliphatic rings. The van der Waals surface area contributed by atoms with Crippen LogP contribution >= 0.6 is 11.3 Å². The number of aliphatic hydroxyl groups excluding tert-OH is 1. The molecule has 0 radical (unpaired) electrons.